The van der Waals surface area contributed by atoms with E-state index in [2.05, 4.69) is 4.98 Å². The molecule has 3 nitrogen and oxygen atoms in total. The molecule has 1 N–H and O–H groups in total. The number of imidazole rings is 1. The first-order chi connectivity index (χ1) is 10.1. The van der Waals surface area contributed by atoms with Gasteiger partial charge in [-0.2, -0.15) is 0 Å². The van der Waals surface area contributed by atoms with Gasteiger partial charge in [0.25, 0.3) is 0 Å². The largest absolute Gasteiger partial charge is 0.469 e. The Balaban J connectivity index is 1.97. The fraction of sp³-hybridized carbons (Fsp3) is 0.267. The van der Waals surface area contributed by atoms with E-state index in [9.17, 15) is 8.78 Å². The monoisotopic (exact) mass is 308 g/mol. The molecule has 1 unspecified atom stereocenters. The number of nitrogens with one attached hydrogen (secondary N) is 1. The molecule has 0 radical (unpaired) electrons. The van der Waals surface area contributed by atoms with Crippen molar-refractivity contribution in [2.75, 3.05) is 0 Å². The number of halogens is 2. The van der Waals surface area contributed by atoms with Crippen molar-refractivity contribution >= 4 is 23.3 Å². The molecule has 1 aromatic carbocycles. The van der Waals surface area contributed by atoms with Gasteiger partial charge in [0.15, 0.2) is 16.4 Å². The SMILES string of the molecule is CC(CCc1ccco1)n1c(=S)[nH]c2ccc(F)c(F)c21. The second-order valence-electron chi connectivity index (χ2n) is 5.02. The molecule has 0 spiro atoms. The highest BCUT2D eigenvalue weighted by Crippen LogP contribution is 2.26. The minimum atomic E-state index is -0.872. The molecule has 0 bridgehead atoms. The zero-order valence-corrected chi connectivity index (χ0v) is 12.2. The first-order valence-corrected chi connectivity index (χ1v) is 7.09. The van der Waals surface area contributed by atoms with Crippen molar-refractivity contribution in [3.8, 4) is 0 Å². The molecule has 0 aliphatic rings. The van der Waals surface area contributed by atoms with Gasteiger partial charge < -0.3 is 14.0 Å². The number of hydrogen-bond donors (Lipinski definition) is 1. The molecular weight excluding hydrogens is 294 g/mol. The number of aromatic nitrogens is 2. The van der Waals surface area contributed by atoms with Gasteiger partial charge in [-0.15, -0.1) is 0 Å². The molecule has 2 aromatic heterocycles. The summed E-state index contributed by atoms with van der Waals surface area (Å²) in [6, 6.07) is 6.24. The van der Waals surface area contributed by atoms with E-state index >= 15 is 0 Å². The predicted octanol–water partition coefficient (Wildman–Crippen LogP) is 4.76. The Hall–Kier alpha value is -1.95. The quantitative estimate of drug-likeness (QED) is 0.705. The van der Waals surface area contributed by atoms with Crippen LogP contribution in [0.4, 0.5) is 8.78 Å². The lowest BCUT2D eigenvalue weighted by molar-refractivity contribution is 0.449. The van der Waals surface area contributed by atoms with Crippen molar-refractivity contribution in [1.29, 1.82) is 0 Å². The van der Waals surface area contributed by atoms with Crippen molar-refractivity contribution in [2.45, 2.75) is 25.8 Å². The molecule has 0 fully saturated rings. The Kier molecular flexibility index (Phi) is 3.63. The van der Waals surface area contributed by atoms with Crippen LogP contribution in [0.1, 0.15) is 25.1 Å². The number of hydrogen-bond acceptors (Lipinski definition) is 2. The Morgan fingerprint density at radius 3 is 2.86 bits per heavy atom. The van der Waals surface area contributed by atoms with Crippen LogP contribution in [0.2, 0.25) is 0 Å². The first-order valence-electron chi connectivity index (χ1n) is 6.68. The maximum atomic E-state index is 14.1. The lowest BCUT2D eigenvalue weighted by atomic mass is 10.1. The van der Waals surface area contributed by atoms with Gasteiger partial charge in [-0.05, 0) is 49.8 Å². The van der Waals surface area contributed by atoms with Crippen molar-refractivity contribution in [3.63, 3.8) is 0 Å². The minimum absolute atomic E-state index is 0.0762. The van der Waals surface area contributed by atoms with Crippen LogP contribution < -0.4 is 0 Å². The van der Waals surface area contributed by atoms with E-state index < -0.39 is 11.6 Å². The summed E-state index contributed by atoms with van der Waals surface area (Å²) in [5.41, 5.74) is 0.690. The van der Waals surface area contributed by atoms with E-state index in [0.717, 1.165) is 11.8 Å². The number of fused-ring (bicyclic) bond motifs is 1. The molecule has 3 rings (SSSR count). The number of aromatic amines is 1. The summed E-state index contributed by atoms with van der Waals surface area (Å²) in [4.78, 5) is 2.92. The van der Waals surface area contributed by atoms with Crippen LogP contribution in [0.25, 0.3) is 11.0 Å². The summed E-state index contributed by atoms with van der Waals surface area (Å²) in [6.07, 6.45) is 3.04. The standard InChI is InChI=1S/C15H14F2N2OS/c1-9(4-5-10-3-2-8-20-10)19-14-12(18-15(19)21)7-6-11(16)13(14)17/h2-3,6-9H,4-5H2,1H3,(H,18,21). The number of benzene rings is 1. The third-order valence-corrected chi connectivity index (χ3v) is 3.90. The van der Waals surface area contributed by atoms with Gasteiger partial charge in [-0.25, -0.2) is 8.78 Å². The van der Waals surface area contributed by atoms with Gasteiger partial charge in [-0.1, -0.05) is 0 Å². The average Bonchev–Trinajstić information content (AvgIpc) is 3.07. The van der Waals surface area contributed by atoms with Crippen LogP contribution in [0.3, 0.4) is 0 Å². The topological polar surface area (TPSA) is 33.9 Å². The molecule has 3 aromatic rings. The van der Waals surface area contributed by atoms with Crippen molar-refractivity contribution < 1.29 is 13.2 Å². The molecule has 1 atom stereocenters. The first kappa shape index (κ1) is 14.0. The summed E-state index contributed by atoms with van der Waals surface area (Å²) < 4.78 is 34.8. The second-order valence-corrected chi connectivity index (χ2v) is 5.41. The lowest BCUT2D eigenvalue weighted by Gasteiger charge is -2.14. The minimum Gasteiger partial charge on any atom is -0.469 e. The van der Waals surface area contributed by atoms with Gasteiger partial charge in [0.1, 0.15) is 11.3 Å². The van der Waals surface area contributed by atoms with E-state index in [1.807, 2.05) is 19.1 Å². The Morgan fingerprint density at radius 2 is 2.14 bits per heavy atom. The van der Waals surface area contributed by atoms with Crippen LogP contribution in [0.5, 0.6) is 0 Å². The molecule has 110 valence electrons. The van der Waals surface area contributed by atoms with E-state index in [1.165, 1.54) is 6.07 Å². The summed E-state index contributed by atoms with van der Waals surface area (Å²) in [6.45, 7) is 1.93. The van der Waals surface area contributed by atoms with E-state index in [1.54, 1.807) is 10.8 Å². The molecule has 0 saturated carbocycles. The third-order valence-electron chi connectivity index (χ3n) is 3.60. The second kappa shape index (κ2) is 5.44. The van der Waals surface area contributed by atoms with E-state index in [4.69, 9.17) is 16.6 Å². The zero-order chi connectivity index (χ0) is 15.0. The summed E-state index contributed by atoms with van der Waals surface area (Å²) in [5, 5.41) is 0. The normalized spacial score (nSPS) is 12.9. The zero-order valence-electron chi connectivity index (χ0n) is 11.4. The molecule has 0 aliphatic heterocycles. The highest BCUT2D eigenvalue weighted by atomic mass is 32.1. The van der Waals surface area contributed by atoms with Gasteiger partial charge >= 0.3 is 0 Å². The van der Waals surface area contributed by atoms with Crippen LogP contribution in [-0.2, 0) is 6.42 Å². The molecule has 0 amide bonds. The molecule has 0 aliphatic carbocycles. The van der Waals surface area contributed by atoms with Gasteiger partial charge in [0.05, 0.1) is 11.8 Å². The third kappa shape index (κ3) is 2.51. The highest BCUT2D eigenvalue weighted by Gasteiger charge is 2.17. The fourth-order valence-electron chi connectivity index (χ4n) is 2.51. The fourth-order valence-corrected chi connectivity index (χ4v) is 2.89. The van der Waals surface area contributed by atoms with Crippen molar-refractivity contribution in [2.24, 2.45) is 0 Å². The van der Waals surface area contributed by atoms with Crippen LogP contribution in [0.15, 0.2) is 34.9 Å². The van der Waals surface area contributed by atoms with E-state index in [0.29, 0.717) is 23.1 Å². The Bertz CT molecular complexity index is 820. The smallest absolute Gasteiger partial charge is 0.184 e. The number of aryl methyl sites for hydroxylation is 1. The number of nitrogens with zero attached hydrogens (tertiary/aromatic N) is 1. The number of rotatable bonds is 4. The highest BCUT2D eigenvalue weighted by molar-refractivity contribution is 7.71. The van der Waals surface area contributed by atoms with E-state index in [-0.39, 0.29) is 11.6 Å². The lowest BCUT2D eigenvalue weighted by Crippen LogP contribution is -2.07. The molecule has 2 heterocycles. The molecule has 0 saturated heterocycles. The van der Waals surface area contributed by atoms with Gasteiger partial charge in [-0.3, -0.25) is 0 Å². The molecule has 6 heteroatoms. The average molecular weight is 308 g/mol. The summed E-state index contributed by atoms with van der Waals surface area (Å²) >= 11 is 5.24. The van der Waals surface area contributed by atoms with Crippen molar-refractivity contribution in [3.05, 3.63) is 52.7 Å². The van der Waals surface area contributed by atoms with Crippen LogP contribution >= 0.6 is 12.2 Å². The maximum Gasteiger partial charge on any atom is 0.184 e. The Morgan fingerprint density at radius 1 is 1.33 bits per heavy atom. The van der Waals surface area contributed by atoms with Gasteiger partial charge in [0.2, 0.25) is 0 Å². The molecular formula is C15H14F2N2OS. The summed E-state index contributed by atoms with van der Waals surface area (Å²) in [5.74, 6) is -0.881. The number of furan rings is 1. The number of H-pyrrole nitrogens is 1. The van der Waals surface area contributed by atoms with Crippen LogP contribution in [0, 0.1) is 16.4 Å². The predicted molar refractivity (Wildman–Crippen MR) is 78.8 cm³/mol. The summed E-state index contributed by atoms with van der Waals surface area (Å²) in [7, 11) is 0. The molecule has 21 heavy (non-hydrogen) atoms. The maximum absolute atomic E-state index is 14.1. The van der Waals surface area contributed by atoms with Crippen molar-refractivity contribution in [1.82, 2.24) is 9.55 Å². The van der Waals surface area contributed by atoms with Gasteiger partial charge in [0, 0.05) is 12.5 Å². The Labute approximate surface area is 125 Å². The van der Waals surface area contributed by atoms with Crippen LogP contribution in [-0.4, -0.2) is 9.55 Å².